The molecule has 0 unspecified atom stereocenters. The maximum absolute atomic E-state index is 10.7. The van der Waals surface area contributed by atoms with Gasteiger partial charge in [0.15, 0.2) is 6.29 Å². The fraction of sp³-hybridized carbons (Fsp3) is 0.417. The maximum atomic E-state index is 10.7. The molecule has 0 atom stereocenters. The molecule has 0 aliphatic rings. The Kier molecular flexibility index (Phi) is 5.40. The first-order valence-electron chi connectivity index (χ1n) is 5.15. The van der Waals surface area contributed by atoms with Crippen LogP contribution in [0.4, 0.5) is 0 Å². The first kappa shape index (κ1) is 12.2. The van der Waals surface area contributed by atoms with Gasteiger partial charge < -0.3 is 4.74 Å². The van der Waals surface area contributed by atoms with Crippen LogP contribution in [-0.4, -0.2) is 12.9 Å². The average Bonchev–Trinajstić information content (AvgIpc) is 2.26. The first-order valence-corrected chi connectivity index (χ1v) is 5.94. The second-order valence-electron chi connectivity index (χ2n) is 3.36. The van der Waals surface area contributed by atoms with Gasteiger partial charge >= 0.3 is 0 Å². The highest BCUT2D eigenvalue weighted by molar-refractivity contribution is 9.10. The number of halogens is 1. The standard InChI is InChI=1S/C12H15BrO2/c1-2-3-4-7-15-11-5-6-12(13)10(8-11)9-14/h5-6,8-9H,2-4,7H2,1H3. The monoisotopic (exact) mass is 270 g/mol. The molecule has 0 spiro atoms. The van der Waals surface area contributed by atoms with Crippen LogP contribution in [0.5, 0.6) is 5.75 Å². The van der Waals surface area contributed by atoms with Crippen molar-refractivity contribution in [3.05, 3.63) is 28.2 Å². The van der Waals surface area contributed by atoms with Gasteiger partial charge in [0.1, 0.15) is 5.75 Å². The fourth-order valence-corrected chi connectivity index (χ4v) is 1.58. The molecule has 0 heterocycles. The highest BCUT2D eigenvalue weighted by atomic mass is 79.9. The molecule has 0 amide bonds. The molecule has 0 aliphatic heterocycles. The third-order valence-electron chi connectivity index (χ3n) is 2.11. The minimum absolute atomic E-state index is 0.628. The summed E-state index contributed by atoms with van der Waals surface area (Å²) in [6.07, 6.45) is 4.24. The molecular formula is C12H15BrO2. The van der Waals surface area contributed by atoms with Crippen molar-refractivity contribution in [3.63, 3.8) is 0 Å². The minimum atomic E-state index is 0.628. The molecule has 0 radical (unpaired) electrons. The van der Waals surface area contributed by atoms with E-state index in [0.29, 0.717) is 12.2 Å². The van der Waals surface area contributed by atoms with E-state index in [0.717, 1.165) is 22.9 Å². The van der Waals surface area contributed by atoms with Crippen LogP contribution in [0.2, 0.25) is 0 Å². The van der Waals surface area contributed by atoms with Crippen molar-refractivity contribution < 1.29 is 9.53 Å². The lowest BCUT2D eigenvalue weighted by atomic mass is 10.2. The topological polar surface area (TPSA) is 26.3 Å². The van der Waals surface area contributed by atoms with E-state index in [4.69, 9.17) is 4.74 Å². The van der Waals surface area contributed by atoms with Gasteiger partial charge in [0.2, 0.25) is 0 Å². The Bertz CT molecular complexity index is 323. The van der Waals surface area contributed by atoms with E-state index in [9.17, 15) is 4.79 Å². The summed E-state index contributed by atoms with van der Waals surface area (Å²) in [5, 5.41) is 0. The van der Waals surface area contributed by atoms with E-state index >= 15 is 0 Å². The van der Waals surface area contributed by atoms with Gasteiger partial charge in [0.25, 0.3) is 0 Å². The van der Waals surface area contributed by atoms with Gasteiger partial charge in [-0.1, -0.05) is 35.7 Å². The molecule has 82 valence electrons. The van der Waals surface area contributed by atoms with E-state index < -0.39 is 0 Å². The summed E-state index contributed by atoms with van der Waals surface area (Å²) >= 11 is 3.30. The molecule has 1 aromatic carbocycles. The normalized spacial score (nSPS) is 10.0. The zero-order valence-corrected chi connectivity index (χ0v) is 10.4. The molecule has 0 aliphatic carbocycles. The Morgan fingerprint density at radius 1 is 1.40 bits per heavy atom. The van der Waals surface area contributed by atoms with E-state index in [1.165, 1.54) is 12.8 Å². The molecule has 0 bridgehead atoms. The third kappa shape index (κ3) is 4.04. The summed E-state index contributed by atoms with van der Waals surface area (Å²) in [6, 6.07) is 5.45. The summed E-state index contributed by atoms with van der Waals surface area (Å²) in [5.41, 5.74) is 0.628. The summed E-state index contributed by atoms with van der Waals surface area (Å²) in [5.74, 6) is 0.761. The SMILES string of the molecule is CCCCCOc1ccc(Br)c(C=O)c1. The Morgan fingerprint density at radius 3 is 2.87 bits per heavy atom. The predicted molar refractivity (Wildman–Crippen MR) is 64.5 cm³/mol. The van der Waals surface area contributed by atoms with Crippen molar-refractivity contribution >= 4 is 22.2 Å². The predicted octanol–water partition coefficient (Wildman–Crippen LogP) is 3.83. The van der Waals surface area contributed by atoms with Crippen LogP contribution in [0.15, 0.2) is 22.7 Å². The van der Waals surface area contributed by atoms with Crippen molar-refractivity contribution in [2.45, 2.75) is 26.2 Å². The fourth-order valence-electron chi connectivity index (χ4n) is 1.24. The van der Waals surface area contributed by atoms with Crippen LogP contribution in [-0.2, 0) is 0 Å². The molecule has 0 fully saturated rings. The number of hydrogen-bond donors (Lipinski definition) is 0. The second kappa shape index (κ2) is 6.62. The van der Waals surface area contributed by atoms with Crippen molar-refractivity contribution in [1.29, 1.82) is 0 Å². The Morgan fingerprint density at radius 2 is 2.20 bits per heavy atom. The summed E-state index contributed by atoms with van der Waals surface area (Å²) in [6.45, 7) is 2.87. The van der Waals surface area contributed by atoms with Crippen LogP contribution in [0, 0.1) is 0 Å². The summed E-state index contributed by atoms with van der Waals surface area (Å²) in [7, 11) is 0. The minimum Gasteiger partial charge on any atom is -0.494 e. The quantitative estimate of drug-likeness (QED) is 0.580. The molecule has 15 heavy (non-hydrogen) atoms. The van der Waals surface area contributed by atoms with Gasteiger partial charge in [-0.3, -0.25) is 4.79 Å². The van der Waals surface area contributed by atoms with Crippen LogP contribution >= 0.6 is 15.9 Å². The number of hydrogen-bond acceptors (Lipinski definition) is 2. The van der Waals surface area contributed by atoms with Gasteiger partial charge in [-0.25, -0.2) is 0 Å². The molecule has 0 N–H and O–H groups in total. The van der Waals surface area contributed by atoms with Gasteiger partial charge in [0, 0.05) is 10.0 Å². The molecule has 0 aromatic heterocycles. The van der Waals surface area contributed by atoms with Gasteiger partial charge in [-0.2, -0.15) is 0 Å². The molecule has 3 heteroatoms. The lowest BCUT2D eigenvalue weighted by molar-refractivity contribution is 0.112. The van der Waals surface area contributed by atoms with Crippen molar-refractivity contribution in [2.75, 3.05) is 6.61 Å². The van der Waals surface area contributed by atoms with E-state index in [2.05, 4.69) is 22.9 Å². The first-order chi connectivity index (χ1) is 7.27. The highest BCUT2D eigenvalue weighted by Crippen LogP contribution is 2.21. The molecule has 2 nitrogen and oxygen atoms in total. The van der Waals surface area contributed by atoms with Crippen LogP contribution in [0.3, 0.4) is 0 Å². The smallest absolute Gasteiger partial charge is 0.151 e. The van der Waals surface area contributed by atoms with Crippen molar-refractivity contribution in [1.82, 2.24) is 0 Å². The van der Waals surface area contributed by atoms with Crippen molar-refractivity contribution in [2.24, 2.45) is 0 Å². The third-order valence-corrected chi connectivity index (χ3v) is 2.83. The number of ether oxygens (including phenoxy) is 1. The van der Waals surface area contributed by atoms with E-state index in [-0.39, 0.29) is 0 Å². The van der Waals surface area contributed by atoms with Crippen molar-refractivity contribution in [3.8, 4) is 5.75 Å². The van der Waals surface area contributed by atoms with Gasteiger partial charge in [0.05, 0.1) is 6.61 Å². The van der Waals surface area contributed by atoms with Gasteiger partial charge in [-0.15, -0.1) is 0 Å². The van der Waals surface area contributed by atoms with E-state index in [1.807, 2.05) is 12.1 Å². The zero-order valence-electron chi connectivity index (χ0n) is 8.83. The average molecular weight is 271 g/mol. The number of carbonyl (C=O) groups is 1. The molecule has 1 aromatic rings. The molecule has 1 rings (SSSR count). The summed E-state index contributed by atoms with van der Waals surface area (Å²) < 4.78 is 6.33. The second-order valence-corrected chi connectivity index (χ2v) is 4.21. The molecular weight excluding hydrogens is 256 g/mol. The van der Waals surface area contributed by atoms with Crippen LogP contribution < -0.4 is 4.74 Å². The lowest BCUT2D eigenvalue weighted by Gasteiger charge is -2.06. The number of benzene rings is 1. The van der Waals surface area contributed by atoms with E-state index in [1.54, 1.807) is 6.07 Å². The highest BCUT2D eigenvalue weighted by Gasteiger charge is 2.00. The Labute approximate surface area is 98.8 Å². The largest absolute Gasteiger partial charge is 0.494 e. The Hall–Kier alpha value is -0.830. The lowest BCUT2D eigenvalue weighted by Crippen LogP contribution is -1.97. The number of unbranched alkanes of at least 4 members (excludes halogenated alkanes) is 2. The number of carbonyl (C=O) groups excluding carboxylic acids is 1. The maximum Gasteiger partial charge on any atom is 0.151 e. The van der Waals surface area contributed by atoms with Crippen LogP contribution in [0.1, 0.15) is 36.5 Å². The number of aldehydes is 1. The molecule has 0 saturated heterocycles. The summed E-state index contributed by atoms with van der Waals surface area (Å²) in [4.78, 5) is 10.7. The zero-order chi connectivity index (χ0) is 11.1. The molecule has 0 saturated carbocycles. The van der Waals surface area contributed by atoms with Gasteiger partial charge in [-0.05, 0) is 24.6 Å². The number of rotatable bonds is 6. The Balaban J connectivity index is 2.51. The van der Waals surface area contributed by atoms with Crippen LogP contribution in [0.25, 0.3) is 0 Å².